The second kappa shape index (κ2) is 9.12. The van der Waals surface area contributed by atoms with Gasteiger partial charge in [0.15, 0.2) is 6.61 Å². The lowest BCUT2D eigenvalue weighted by atomic mass is 10.0. The smallest absolute Gasteiger partial charge is 0.326 e. The standard InChI is InChI=1S/C20H26N4O3/c1-20(2,3)24(13-16-9-6-5-7-10-16)17(25)15-27-18(26)14-23(4)19-21-11-8-12-22-19/h5-12H,13-15H2,1-4H3. The van der Waals surface area contributed by atoms with E-state index in [0.717, 1.165) is 5.56 Å². The predicted molar refractivity (Wildman–Crippen MR) is 103 cm³/mol. The molecule has 0 fully saturated rings. The van der Waals surface area contributed by atoms with Gasteiger partial charge in [0.05, 0.1) is 0 Å². The largest absolute Gasteiger partial charge is 0.454 e. The normalized spacial score (nSPS) is 11.0. The zero-order chi connectivity index (χ0) is 19.9. The molecule has 0 bridgehead atoms. The van der Waals surface area contributed by atoms with E-state index < -0.39 is 11.5 Å². The Morgan fingerprint density at radius 3 is 2.26 bits per heavy atom. The van der Waals surface area contributed by atoms with Crippen LogP contribution < -0.4 is 4.90 Å². The van der Waals surface area contributed by atoms with E-state index in [1.165, 1.54) is 0 Å². The number of carbonyl (C=O) groups excluding carboxylic acids is 2. The molecule has 1 amide bonds. The molecule has 0 aliphatic rings. The summed E-state index contributed by atoms with van der Waals surface area (Å²) in [6, 6.07) is 11.4. The second-order valence-electron chi connectivity index (χ2n) is 7.20. The molecule has 7 heteroatoms. The molecule has 27 heavy (non-hydrogen) atoms. The highest BCUT2D eigenvalue weighted by Crippen LogP contribution is 2.17. The summed E-state index contributed by atoms with van der Waals surface area (Å²) >= 11 is 0. The molecule has 0 saturated heterocycles. The van der Waals surface area contributed by atoms with Crippen LogP contribution in [0.25, 0.3) is 0 Å². The van der Waals surface area contributed by atoms with Crippen molar-refractivity contribution in [3.63, 3.8) is 0 Å². The lowest BCUT2D eigenvalue weighted by molar-refractivity contribution is -0.153. The Balaban J connectivity index is 1.92. The number of carbonyl (C=O) groups is 2. The van der Waals surface area contributed by atoms with Crippen molar-refractivity contribution >= 4 is 17.8 Å². The number of hydrogen-bond donors (Lipinski definition) is 0. The first-order valence-electron chi connectivity index (χ1n) is 8.75. The third-order valence-corrected chi connectivity index (χ3v) is 3.91. The van der Waals surface area contributed by atoms with Crippen molar-refractivity contribution in [3.8, 4) is 0 Å². The maximum absolute atomic E-state index is 12.7. The minimum absolute atomic E-state index is 0.0362. The number of rotatable bonds is 7. The number of amides is 1. The lowest BCUT2D eigenvalue weighted by Gasteiger charge is -2.35. The van der Waals surface area contributed by atoms with E-state index in [4.69, 9.17) is 4.74 Å². The van der Waals surface area contributed by atoms with Crippen molar-refractivity contribution in [2.75, 3.05) is 25.1 Å². The molecule has 1 aromatic heterocycles. The van der Waals surface area contributed by atoms with Crippen LogP contribution in [0, 0.1) is 0 Å². The van der Waals surface area contributed by atoms with Crippen molar-refractivity contribution in [2.24, 2.45) is 0 Å². The molecule has 1 aromatic carbocycles. The van der Waals surface area contributed by atoms with Crippen molar-refractivity contribution in [1.29, 1.82) is 0 Å². The van der Waals surface area contributed by atoms with Crippen molar-refractivity contribution < 1.29 is 14.3 Å². The first kappa shape index (κ1) is 20.4. The molecule has 0 radical (unpaired) electrons. The van der Waals surface area contributed by atoms with Gasteiger partial charge in [0, 0.05) is 31.5 Å². The number of nitrogens with zero attached hydrogens (tertiary/aromatic N) is 4. The second-order valence-corrected chi connectivity index (χ2v) is 7.20. The summed E-state index contributed by atoms with van der Waals surface area (Å²) in [7, 11) is 1.69. The van der Waals surface area contributed by atoms with E-state index in [1.54, 1.807) is 35.3 Å². The summed E-state index contributed by atoms with van der Waals surface area (Å²) in [6.45, 7) is 5.99. The number of benzene rings is 1. The number of ether oxygens (including phenoxy) is 1. The Bertz CT molecular complexity index is 745. The van der Waals surface area contributed by atoms with E-state index in [-0.39, 0.29) is 19.1 Å². The molecule has 0 aliphatic carbocycles. The van der Waals surface area contributed by atoms with E-state index in [2.05, 4.69) is 9.97 Å². The molecule has 0 saturated carbocycles. The van der Waals surface area contributed by atoms with Gasteiger partial charge in [0.1, 0.15) is 6.54 Å². The van der Waals surface area contributed by atoms with Crippen LogP contribution in [0.15, 0.2) is 48.8 Å². The molecule has 0 spiro atoms. The fourth-order valence-corrected chi connectivity index (χ4v) is 2.48. The molecule has 0 unspecified atom stereocenters. The number of aromatic nitrogens is 2. The molecule has 2 aromatic rings. The molecular weight excluding hydrogens is 344 g/mol. The van der Waals surface area contributed by atoms with Crippen molar-refractivity contribution in [3.05, 3.63) is 54.4 Å². The highest BCUT2D eigenvalue weighted by atomic mass is 16.5. The quantitative estimate of drug-likeness (QED) is 0.696. The summed E-state index contributed by atoms with van der Waals surface area (Å²) in [5.74, 6) is -0.327. The fourth-order valence-electron chi connectivity index (χ4n) is 2.48. The monoisotopic (exact) mass is 370 g/mol. The van der Waals surface area contributed by atoms with Crippen LogP contribution in [0.1, 0.15) is 26.3 Å². The van der Waals surface area contributed by atoms with Crippen LogP contribution in [0.2, 0.25) is 0 Å². The Kier molecular flexibility index (Phi) is 6.87. The van der Waals surface area contributed by atoms with Crippen LogP contribution in [-0.4, -0.2) is 52.5 Å². The Morgan fingerprint density at radius 2 is 1.67 bits per heavy atom. The van der Waals surface area contributed by atoms with E-state index in [9.17, 15) is 9.59 Å². The highest BCUT2D eigenvalue weighted by molar-refractivity contribution is 5.82. The van der Waals surface area contributed by atoms with Crippen LogP contribution in [0.3, 0.4) is 0 Å². The topological polar surface area (TPSA) is 75.6 Å². The molecule has 0 atom stereocenters. The van der Waals surface area contributed by atoms with Gasteiger partial charge >= 0.3 is 5.97 Å². The molecule has 0 N–H and O–H groups in total. The van der Waals surface area contributed by atoms with E-state index >= 15 is 0 Å². The number of likely N-dealkylation sites (N-methyl/N-ethyl adjacent to an activating group) is 1. The number of hydrogen-bond acceptors (Lipinski definition) is 6. The van der Waals surface area contributed by atoms with Crippen molar-refractivity contribution in [2.45, 2.75) is 32.9 Å². The van der Waals surface area contributed by atoms with Gasteiger partial charge in [-0.15, -0.1) is 0 Å². The molecule has 2 rings (SSSR count). The third-order valence-electron chi connectivity index (χ3n) is 3.91. The van der Waals surface area contributed by atoms with Gasteiger partial charge in [0.2, 0.25) is 5.95 Å². The summed E-state index contributed by atoms with van der Waals surface area (Å²) in [6.07, 6.45) is 3.19. The van der Waals surface area contributed by atoms with Crippen molar-refractivity contribution in [1.82, 2.24) is 14.9 Å². The minimum atomic E-state index is -0.508. The zero-order valence-corrected chi connectivity index (χ0v) is 16.3. The van der Waals surface area contributed by atoms with Gasteiger partial charge in [-0.25, -0.2) is 9.97 Å². The number of esters is 1. The maximum atomic E-state index is 12.7. The van der Waals surface area contributed by atoms with Gasteiger partial charge in [-0.05, 0) is 32.4 Å². The van der Waals surface area contributed by atoms with E-state index in [0.29, 0.717) is 12.5 Å². The average Bonchev–Trinajstić information content (AvgIpc) is 2.65. The predicted octanol–water partition coefficient (Wildman–Crippen LogP) is 2.28. The van der Waals surface area contributed by atoms with Crippen LogP contribution in [0.5, 0.6) is 0 Å². The van der Waals surface area contributed by atoms with Gasteiger partial charge < -0.3 is 14.5 Å². The first-order chi connectivity index (χ1) is 12.8. The van der Waals surface area contributed by atoms with Gasteiger partial charge in [0.25, 0.3) is 5.91 Å². The summed E-state index contributed by atoms with van der Waals surface area (Å²) in [5, 5.41) is 0. The molecule has 0 aliphatic heterocycles. The Hall–Kier alpha value is -2.96. The lowest BCUT2D eigenvalue weighted by Crippen LogP contribution is -2.47. The Labute approximate surface area is 160 Å². The van der Waals surface area contributed by atoms with Crippen LogP contribution in [0.4, 0.5) is 5.95 Å². The van der Waals surface area contributed by atoms with E-state index in [1.807, 2.05) is 51.1 Å². The summed E-state index contributed by atoms with van der Waals surface area (Å²) in [4.78, 5) is 36.1. The van der Waals surface area contributed by atoms with Gasteiger partial charge in [-0.3, -0.25) is 9.59 Å². The van der Waals surface area contributed by atoms with Crippen LogP contribution in [-0.2, 0) is 20.9 Å². The SMILES string of the molecule is CN(CC(=O)OCC(=O)N(Cc1ccccc1)C(C)(C)C)c1ncccn1. The Morgan fingerprint density at radius 1 is 1.04 bits per heavy atom. The fraction of sp³-hybridized carbons (Fsp3) is 0.400. The summed E-state index contributed by atoms with van der Waals surface area (Å²) in [5.41, 5.74) is 0.627. The zero-order valence-electron chi connectivity index (χ0n) is 16.3. The molecule has 7 nitrogen and oxygen atoms in total. The van der Waals surface area contributed by atoms with Gasteiger partial charge in [-0.2, -0.15) is 0 Å². The molecule has 1 heterocycles. The molecule has 144 valence electrons. The number of anilines is 1. The molecular formula is C20H26N4O3. The maximum Gasteiger partial charge on any atom is 0.326 e. The third kappa shape index (κ3) is 6.36. The first-order valence-corrected chi connectivity index (χ1v) is 8.75. The summed E-state index contributed by atoms with van der Waals surface area (Å²) < 4.78 is 5.18. The van der Waals surface area contributed by atoms with Crippen LogP contribution >= 0.6 is 0 Å². The highest BCUT2D eigenvalue weighted by Gasteiger charge is 2.27. The van der Waals surface area contributed by atoms with Gasteiger partial charge in [-0.1, -0.05) is 30.3 Å². The average molecular weight is 370 g/mol. The minimum Gasteiger partial charge on any atom is -0.454 e.